The third kappa shape index (κ3) is 4.34. The van der Waals surface area contributed by atoms with Gasteiger partial charge in [0.2, 0.25) is 11.8 Å². The van der Waals surface area contributed by atoms with Crippen molar-refractivity contribution in [3.63, 3.8) is 0 Å². The summed E-state index contributed by atoms with van der Waals surface area (Å²) in [5.41, 5.74) is 5.32. The Hall–Kier alpha value is -1.61. The van der Waals surface area contributed by atoms with Crippen LogP contribution < -0.4 is 16.4 Å². The lowest BCUT2D eigenvalue weighted by molar-refractivity contribution is -0.119. The van der Waals surface area contributed by atoms with Crippen LogP contribution in [0.2, 0.25) is 0 Å². The summed E-state index contributed by atoms with van der Waals surface area (Å²) in [4.78, 5) is 22.7. The van der Waals surface area contributed by atoms with Gasteiger partial charge in [0.15, 0.2) is 0 Å². The Morgan fingerprint density at radius 3 is 2.78 bits per heavy atom. The van der Waals surface area contributed by atoms with E-state index in [-0.39, 0.29) is 11.8 Å². The third-order valence-corrected chi connectivity index (χ3v) is 2.78. The van der Waals surface area contributed by atoms with E-state index >= 15 is 0 Å². The standard InChI is InChI=1S/C9H15N5O3S/c1-3-11-8(16)12-7(15)5(2)18-9-14-13-6(4-10)17-9/h5H,3-4,10H2,1-2H3,(H2,11,12,15,16). The maximum Gasteiger partial charge on any atom is 0.321 e. The van der Waals surface area contributed by atoms with Crippen LogP contribution in [0.4, 0.5) is 4.79 Å². The smallest absolute Gasteiger partial charge is 0.321 e. The first-order valence-electron chi connectivity index (χ1n) is 5.34. The Kier molecular flexibility index (Phi) is 5.59. The molecule has 0 radical (unpaired) electrons. The number of hydrogen-bond donors (Lipinski definition) is 3. The van der Waals surface area contributed by atoms with E-state index in [0.29, 0.717) is 12.4 Å². The van der Waals surface area contributed by atoms with Crippen molar-refractivity contribution in [2.45, 2.75) is 30.9 Å². The van der Waals surface area contributed by atoms with Gasteiger partial charge in [0, 0.05) is 6.54 Å². The molecule has 0 aliphatic rings. The molecule has 0 aliphatic carbocycles. The SMILES string of the molecule is CCNC(=O)NC(=O)C(C)Sc1nnc(CN)o1. The van der Waals surface area contributed by atoms with Crippen LogP contribution in [-0.4, -0.2) is 33.9 Å². The van der Waals surface area contributed by atoms with Crippen molar-refractivity contribution >= 4 is 23.7 Å². The van der Waals surface area contributed by atoms with Crippen molar-refractivity contribution in [3.8, 4) is 0 Å². The highest BCUT2D eigenvalue weighted by Crippen LogP contribution is 2.21. The fourth-order valence-electron chi connectivity index (χ4n) is 0.991. The third-order valence-electron chi connectivity index (χ3n) is 1.84. The zero-order valence-electron chi connectivity index (χ0n) is 10.1. The monoisotopic (exact) mass is 273 g/mol. The minimum atomic E-state index is -0.529. The molecule has 1 aromatic rings. The van der Waals surface area contributed by atoms with E-state index in [1.165, 1.54) is 0 Å². The van der Waals surface area contributed by atoms with Gasteiger partial charge in [-0.15, -0.1) is 10.2 Å². The molecule has 3 amide bonds. The number of urea groups is 1. The van der Waals surface area contributed by atoms with Crippen molar-refractivity contribution in [3.05, 3.63) is 5.89 Å². The van der Waals surface area contributed by atoms with Crippen LogP contribution in [0.1, 0.15) is 19.7 Å². The first kappa shape index (κ1) is 14.5. The zero-order chi connectivity index (χ0) is 13.5. The summed E-state index contributed by atoms with van der Waals surface area (Å²) in [5.74, 6) is -0.132. The van der Waals surface area contributed by atoms with Crippen LogP contribution in [0.3, 0.4) is 0 Å². The van der Waals surface area contributed by atoms with E-state index in [4.69, 9.17) is 10.2 Å². The average molecular weight is 273 g/mol. The Morgan fingerprint density at radius 1 is 1.50 bits per heavy atom. The van der Waals surface area contributed by atoms with Crippen molar-refractivity contribution in [2.75, 3.05) is 6.54 Å². The second kappa shape index (κ2) is 6.97. The molecule has 1 atom stereocenters. The first-order chi connectivity index (χ1) is 8.56. The quantitative estimate of drug-likeness (QED) is 0.637. The van der Waals surface area contributed by atoms with Gasteiger partial charge in [-0.25, -0.2) is 4.79 Å². The van der Waals surface area contributed by atoms with Crippen molar-refractivity contribution in [2.24, 2.45) is 5.73 Å². The summed E-state index contributed by atoms with van der Waals surface area (Å²) in [7, 11) is 0. The number of rotatable bonds is 5. The number of carbonyl (C=O) groups is 2. The number of nitrogens with two attached hydrogens (primary N) is 1. The largest absolute Gasteiger partial charge is 0.415 e. The normalized spacial score (nSPS) is 11.9. The highest BCUT2D eigenvalue weighted by atomic mass is 32.2. The molecule has 1 aromatic heterocycles. The van der Waals surface area contributed by atoms with E-state index in [1.807, 2.05) is 0 Å². The maximum absolute atomic E-state index is 11.6. The fraction of sp³-hybridized carbons (Fsp3) is 0.556. The number of thioether (sulfide) groups is 1. The summed E-state index contributed by atoms with van der Waals surface area (Å²) in [6.45, 7) is 3.98. The van der Waals surface area contributed by atoms with Gasteiger partial charge in [-0.1, -0.05) is 11.8 Å². The molecular weight excluding hydrogens is 258 g/mol. The number of nitrogens with zero attached hydrogens (tertiary/aromatic N) is 2. The Balaban J connectivity index is 2.46. The lowest BCUT2D eigenvalue weighted by atomic mass is 10.4. The molecule has 0 aromatic carbocycles. The van der Waals surface area contributed by atoms with Gasteiger partial charge in [-0.3, -0.25) is 10.1 Å². The van der Waals surface area contributed by atoms with E-state index in [1.54, 1.807) is 13.8 Å². The number of nitrogens with one attached hydrogen (secondary N) is 2. The lowest BCUT2D eigenvalue weighted by Crippen LogP contribution is -2.42. The molecule has 9 heteroatoms. The molecule has 100 valence electrons. The van der Waals surface area contributed by atoms with Gasteiger partial charge in [-0.05, 0) is 13.8 Å². The second-order valence-corrected chi connectivity index (χ2v) is 4.57. The summed E-state index contributed by atoms with van der Waals surface area (Å²) in [5, 5.41) is 11.7. The molecular formula is C9H15N5O3S. The minimum Gasteiger partial charge on any atom is -0.415 e. The Labute approximate surface area is 108 Å². The number of carbonyl (C=O) groups excluding carboxylic acids is 2. The van der Waals surface area contributed by atoms with Crippen LogP contribution in [0.5, 0.6) is 0 Å². The average Bonchev–Trinajstić information content (AvgIpc) is 2.76. The van der Waals surface area contributed by atoms with Gasteiger partial charge in [0.1, 0.15) is 0 Å². The van der Waals surface area contributed by atoms with Gasteiger partial charge in [0.25, 0.3) is 5.22 Å². The number of imide groups is 1. The van der Waals surface area contributed by atoms with E-state index in [2.05, 4.69) is 20.8 Å². The van der Waals surface area contributed by atoms with Gasteiger partial charge >= 0.3 is 6.03 Å². The maximum atomic E-state index is 11.6. The number of amides is 3. The Bertz CT molecular complexity index is 422. The molecule has 18 heavy (non-hydrogen) atoms. The van der Waals surface area contributed by atoms with Crippen LogP contribution >= 0.6 is 11.8 Å². The van der Waals surface area contributed by atoms with Gasteiger partial charge < -0.3 is 15.5 Å². The van der Waals surface area contributed by atoms with E-state index in [9.17, 15) is 9.59 Å². The highest BCUT2D eigenvalue weighted by molar-refractivity contribution is 8.00. The molecule has 0 aliphatic heterocycles. The van der Waals surface area contributed by atoms with Crippen LogP contribution in [-0.2, 0) is 11.3 Å². The van der Waals surface area contributed by atoms with Crippen LogP contribution in [0.15, 0.2) is 9.64 Å². The zero-order valence-corrected chi connectivity index (χ0v) is 10.9. The summed E-state index contributed by atoms with van der Waals surface area (Å²) in [6.07, 6.45) is 0. The molecule has 4 N–H and O–H groups in total. The molecule has 8 nitrogen and oxygen atoms in total. The van der Waals surface area contributed by atoms with Crippen molar-refractivity contribution < 1.29 is 14.0 Å². The number of hydrogen-bond acceptors (Lipinski definition) is 7. The molecule has 1 heterocycles. The lowest BCUT2D eigenvalue weighted by Gasteiger charge is -2.08. The first-order valence-corrected chi connectivity index (χ1v) is 6.22. The summed E-state index contributed by atoms with van der Waals surface area (Å²) in [6, 6.07) is -0.525. The summed E-state index contributed by atoms with van der Waals surface area (Å²) >= 11 is 1.06. The van der Waals surface area contributed by atoms with E-state index < -0.39 is 17.2 Å². The number of aromatic nitrogens is 2. The molecule has 0 spiro atoms. The Morgan fingerprint density at radius 2 is 2.22 bits per heavy atom. The highest BCUT2D eigenvalue weighted by Gasteiger charge is 2.19. The molecule has 1 unspecified atom stereocenters. The summed E-state index contributed by atoms with van der Waals surface area (Å²) < 4.78 is 5.14. The van der Waals surface area contributed by atoms with Gasteiger partial charge in [0.05, 0.1) is 11.8 Å². The van der Waals surface area contributed by atoms with E-state index in [0.717, 1.165) is 11.8 Å². The second-order valence-electron chi connectivity index (χ2n) is 3.27. The molecule has 0 fully saturated rings. The molecule has 0 saturated heterocycles. The van der Waals surface area contributed by atoms with Crippen LogP contribution in [0.25, 0.3) is 0 Å². The predicted molar refractivity (Wildman–Crippen MR) is 64.7 cm³/mol. The minimum absolute atomic E-state index is 0.146. The molecule has 0 bridgehead atoms. The molecule has 0 saturated carbocycles. The van der Waals surface area contributed by atoms with Gasteiger partial charge in [-0.2, -0.15) is 0 Å². The van der Waals surface area contributed by atoms with Crippen molar-refractivity contribution in [1.82, 2.24) is 20.8 Å². The van der Waals surface area contributed by atoms with Crippen molar-refractivity contribution in [1.29, 1.82) is 0 Å². The topological polar surface area (TPSA) is 123 Å². The molecule has 1 rings (SSSR count). The van der Waals surface area contributed by atoms with Crippen LogP contribution in [0, 0.1) is 0 Å². The fourth-order valence-corrected chi connectivity index (χ4v) is 1.69. The predicted octanol–water partition coefficient (Wildman–Crippen LogP) is -0.145.